The van der Waals surface area contributed by atoms with Gasteiger partial charge in [-0.05, 0) is 32.9 Å². The Bertz CT molecular complexity index is 175. The van der Waals surface area contributed by atoms with Gasteiger partial charge in [0.2, 0.25) is 0 Å². The topological polar surface area (TPSA) is 20.3 Å². The second-order valence-electron chi connectivity index (χ2n) is 5.32. The zero-order valence-electron chi connectivity index (χ0n) is 10.5. The number of rotatable bonds is 6. The summed E-state index contributed by atoms with van der Waals surface area (Å²) in [6.07, 6.45) is 1.99. The summed E-state index contributed by atoms with van der Waals surface area (Å²) < 4.78 is 0. The second kappa shape index (κ2) is 5.50. The Hall–Kier alpha value is -0.370. The Labute approximate surface area is 88.7 Å². The molecule has 1 unspecified atom stereocenters. The third kappa shape index (κ3) is 4.75. The minimum Gasteiger partial charge on any atom is -0.303 e. The quantitative estimate of drug-likeness (QED) is 0.613. The summed E-state index contributed by atoms with van der Waals surface area (Å²) in [5, 5.41) is 0. The maximum Gasteiger partial charge on any atom is 0.125 e. The number of carbonyl (C=O) groups is 1. The Morgan fingerprint density at radius 3 is 2.14 bits per heavy atom. The molecule has 0 aromatic rings. The number of hydrogen-bond acceptors (Lipinski definition) is 2. The summed E-state index contributed by atoms with van der Waals surface area (Å²) in [6.45, 7) is 11.7. The molecular formula is C12H25NO. The Morgan fingerprint density at radius 1 is 1.29 bits per heavy atom. The van der Waals surface area contributed by atoms with Crippen molar-refractivity contribution in [2.45, 2.75) is 47.1 Å². The standard InChI is InChI=1S/C12H25NO/c1-10(2)11(3)13(6)8-7-12(4,5)9-14/h9-11H,7-8H2,1-6H3. The summed E-state index contributed by atoms with van der Waals surface area (Å²) in [7, 11) is 2.13. The molecule has 0 aromatic carbocycles. The molecule has 0 saturated heterocycles. The average Bonchev–Trinajstić information content (AvgIpc) is 2.13. The molecule has 14 heavy (non-hydrogen) atoms. The summed E-state index contributed by atoms with van der Waals surface area (Å²) in [4.78, 5) is 13.1. The van der Waals surface area contributed by atoms with Crippen molar-refractivity contribution in [2.75, 3.05) is 13.6 Å². The van der Waals surface area contributed by atoms with Gasteiger partial charge in [-0.3, -0.25) is 0 Å². The fourth-order valence-corrected chi connectivity index (χ4v) is 1.24. The lowest BCUT2D eigenvalue weighted by molar-refractivity contribution is -0.115. The van der Waals surface area contributed by atoms with Crippen LogP contribution in [0.15, 0.2) is 0 Å². The Balaban J connectivity index is 3.96. The van der Waals surface area contributed by atoms with Gasteiger partial charge in [0.1, 0.15) is 6.29 Å². The van der Waals surface area contributed by atoms with Gasteiger partial charge in [0.25, 0.3) is 0 Å². The molecule has 0 bridgehead atoms. The average molecular weight is 199 g/mol. The maximum absolute atomic E-state index is 10.7. The normalized spacial score (nSPS) is 14.9. The highest BCUT2D eigenvalue weighted by Crippen LogP contribution is 2.18. The summed E-state index contributed by atoms with van der Waals surface area (Å²) in [6, 6.07) is 0.581. The van der Waals surface area contributed by atoms with E-state index in [-0.39, 0.29) is 5.41 Å². The van der Waals surface area contributed by atoms with Crippen molar-refractivity contribution < 1.29 is 4.79 Å². The molecule has 2 nitrogen and oxygen atoms in total. The lowest BCUT2D eigenvalue weighted by Gasteiger charge is -2.30. The minimum absolute atomic E-state index is 0.176. The van der Waals surface area contributed by atoms with E-state index in [0.29, 0.717) is 12.0 Å². The predicted molar refractivity (Wildman–Crippen MR) is 61.4 cm³/mol. The van der Waals surface area contributed by atoms with Gasteiger partial charge in [0, 0.05) is 11.5 Å². The van der Waals surface area contributed by atoms with Crippen LogP contribution >= 0.6 is 0 Å². The van der Waals surface area contributed by atoms with E-state index in [4.69, 9.17) is 0 Å². The van der Waals surface area contributed by atoms with E-state index >= 15 is 0 Å². The van der Waals surface area contributed by atoms with Crippen LogP contribution in [0.4, 0.5) is 0 Å². The summed E-state index contributed by atoms with van der Waals surface area (Å²) >= 11 is 0. The molecule has 0 aliphatic carbocycles. The molecule has 2 heteroatoms. The first kappa shape index (κ1) is 13.6. The van der Waals surface area contributed by atoms with Crippen molar-refractivity contribution in [3.05, 3.63) is 0 Å². The van der Waals surface area contributed by atoms with Gasteiger partial charge < -0.3 is 9.69 Å². The van der Waals surface area contributed by atoms with Crippen LogP contribution in [0.5, 0.6) is 0 Å². The van der Waals surface area contributed by atoms with Gasteiger partial charge in [-0.15, -0.1) is 0 Å². The minimum atomic E-state index is -0.176. The van der Waals surface area contributed by atoms with Crippen molar-refractivity contribution in [1.82, 2.24) is 4.90 Å². The highest BCUT2D eigenvalue weighted by Gasteiger charge is 2.19. The maximum atomic E-state index is 10.7. The highest BCUT2D eigenvalue weighted by molar-refractivity contribution is 5.57. The van der Waals surface area contributed by atoms with Crippen LogP contribution in [0.1, 0.15) is 41.0 Å². The van der Waals surface area contributed by atoms with Gasteiger partial charge in [-0.2, -0.15) is 0 Å². The van der Waals surface area contributed by atoms with Crippen LogP contribution in [0, 0.1) is 11.3 Å². The second-order valence-corrected chi connectivity index (χ2v) is 5.32. The monoisotopic (exact) mass is 199 g/mol. The molecule has 0 spiro atoms. The number of aldehydes is 1. The van der Waals surface area contributed by atoms with Gasteiger partial charge in [-0.1, -0.05) is 27.7 Å². The number of nitrogens with zero attached hydrogens (tertiary/aromatic N) is 1. The lowest BCUT2D eigenvalue weighted by Crippen LogP contribution is -2.35. The first-order valence-electron chi connectivity index (χ1n) is 5.46. The molecule has 0 saturated carbocycles. The van der Waals surface area contributed by atoms with E-state index in [2.05, 4.69) is 32.7 Å². The van der Waals surface area contributed by atoms with Crippen LogP contribution in [0.2, 0.25) is 0 Å². The first-order valence-corrected chi connectivity index (χ1v) is 5.46. The first-order chi connectivity index (χ1) is 6.30. The zero-order valence-corrected chi connectivity index (χ0v) is 10.5. The number of hydrogen-bond donors (Lipinski definition) is 0. The molecular weight excluding hydrogens is 174 g/mol. The van der Waals surface area contributed by atoms with E-state index in [1.54, 1.807) is 0 Å². The van der Waals surface area contributed by atoms with E-state index in [0.717, 1.165) is 19.3 Å². The largest absolute Gasteiger partial charge is 0.303 e. The van der Waals surface area contributed by atoms with Crippen molar-refractivity contribution in [3.8, 4) is 0 Å². The molecule has 84 valence electrons. The molecule has 0 aromatic heterocycles. The molecule has 0 heterocycles. The van der Waals surface area contributed by atoms with Gasteiger partial charge in [-0.25, -0.2) is 0 Å². The smallest absolute Gasteiger partial charge is 0.125 e. The predicted octanol–water partition coefficient (Wildman–Crippen LogP) is 2.58. The van der Waals surface area contributed by atoms with E-state index in [1.165, 1.54) is 0 Å². The lowest BCUT2D eigenvalue weighted by atomic mass is 9.91. The van der Waals surface area contributed by atoms with E-state index in [1.807, 2.05) is 13.8 Å². The molecule has 0 radical (unpaired) electrons. The third-order valence-corrected chi connectivity index (χ3v) is 3.09. The highest BCUT2D eigenvalue weighted by atomic mass is 16.1. The zero-order chi connectivity index (χ0) is 11.4. The fraction of sp³-hybridized carbons (Fsp3) is 0.917. The molecule has 0 fully saturated rings. The van der Waals surface area contributed by atoms with Crippen molar-refractivity contribution in [2.24, 2.45) is 11.3 Å². The van der Waals surface area contributed by atoms with Gasteiger partial charge in [0.05, 0.1) is 0 Å². The Kier molecular flexibility index (Phi) is 5.35. The van der Waals surface area contributed by atoms with E-state index < -0.39 is 0 Å². The molecule has 0 amide bonds. The van der Waals surface area contributed by atoms with Crippen LogP contribution < -0.4 is 0 Å². The van der Waals surface area contributed by atoms with Crippen LogP contribution in [-0.2, 0) is 4.79 Å². The van der Waals surface area contributed by atoms with Crippen molar-refractivity contribution in [3.63, 3.8) is 0 Å². The fourth-order valence-electron chi connectivity index (χ4n) is 1.24. The summed E-state index contributed by atoms with van der Waals surface area (Å²) in [5.41, 5.74) is -0.176. The van der Waals surface area contributed by atoms with Gasteiger partial charge >= 0.3 is 0 Å². The van der Waals surface area contributed by atoms with Crippen LogP contribution in [-0.4, -0.2) is 30.8 Å². The van der Waals surface area contributed by atoms with Crippen molar-refractivity contribution in [1.29, 1.82) is 0 Å². The SMILES string of the molecule is CC(C)C(C)N(C)CCC(C)(C)C=O. The summed E-state index contributed by atoms with van der Waals surface area (Å²) in [5.74, 6) is 0.666. The molecule has 0 N–H and O–H groups in total. The van der Waals surface area contributed by atoms with Crippen LogP contribution in [0.25, 0.3) is 0 Å². The number of carbonyl (C=O) groups excluding carboxylic acids is 1. The third-order valence-electron chi connectivity index (χ3n) is 3.09. The molecule has 0 aliphatic rings. The molecule has 1 atom stereocenters. The van der Waals surface area contributed by atoms with E-state index in [9.17, 15) is 4.79 Å². The van der Waals surface area contributed by atoms with Gasteiger partial charge in [0.15, 0.2) is 0 Å². The molecule has 0 aliphatic heterocycles. The van der Waals surface area contributed by atoms with Crippen molar-refractivity contribution >= 4 is 6.29 Å². The molecule has 0 rings (SSSR count). The van der Waals surface area contributed by atoms with Crippen LogP contribution in [0.3, 0.4) is 0 Å². The Morgan fingerprint density at radius 2 is 1.79 bits per heavy atom.